The van der Waals surface area contributed by atoms with Crippen LogP contribution in [0, 0.1) is 0 Å². The molecule has 0 atom stereocenters. The van der Waals surface area contributed by atoms with Gasteiger partial charge in [0.05, 0.1) is 21.3 Å². The van der Waals surface area contributed by atoms with Crippen LogP contribution in [0.5, 0.6) is 0 Å². The third-order valence-electron chi connectivity index (χ3n) is 4.20. The van der Waals surface area contributed by atoms with Crippen molar-refractivity contribution in [2.75, 3.05) is 15.5 Å². The molecule has 9 nitrogen and oxygen atoms in total. The number of nitrogens with one attached hydrogen (secondary N) is 2. The van der Waals surface area contributed by atoms with Crippen LogP contribution in [-0.4, -0.2) is 33.0 Å². The number of thiazole rings is 1. The van der Waals surface area contributed by atoms with Crippen LogP contribution in [0.25, 0.3) is 10.2 Å². The van der Waals surface area contributed by atoms with Gasteiger partial charge < -0.3 is 5.32 Å². The van der Waals surface area contributed by atoms with E-state index in [1.165, 1.54) is 28.2 Å². The minimum absolute atomic E-state index is 0.293. The van der Waals surface area contributed by atoms with Gasteiger partial charge in [-0.3, -0.25) is 14.9 Å². The van der Waals surface area contributed by atoms with Crippen LogP contribution in [-0.2, 0) is 0 Å². The van der Waals surface area contributed by atoms with Crippen LogP contribution in [0.15, 0.2) is 48.0 Å². The number of nitrogens with zero attached hydrogens (tertiary/aromatic N) is 4. The number of benzene rings is 2. The van der Waals surface area contributed by atoms with E-state index in [0.29, 0.717) is 32.6 Å². The first-order chi connectivity index (χ1) is 14.1. The molecule has 0 fully saturated rings. The molecule has 4 amide bonds. The summed E-state index contributed by atoms with van der Waals surface area (Å²) in [5, 5.41) is 13.4. The Balaban J connectivity index is 1.41. The van der Waals surface area contributed by atoms with Gasteiger partial charge in [0.2, 0.25) is 10.3 Å². The van der Waals surface area contributed by atoms with Crippen LogP contribution < -0.4 is 15.5 Å². The summed E-state index contributed by atoms with van der Waals surface area (Å²) in [5.41, 5.74) is 3.41. The highest BCUT2D eigenvalue weighted by Gasteiger charge is 2.38. The van der Waals surface area contributed by atoms with E-state index in [1.807, 2.05) is 0 Å². The number of urea groups is 1. The molecule has 4 aromatic rings. The maximum Gasteiger partial charge on any atom is 0.325 e. The number of hydrogen-bond donors (Lipinski definition) is 2. The van der Waals surface area contributed by atoms with Gasteiger partial charge in [0.15, 0.2) is 0 Å². The summed E-state index contributed by atoms with van der Waals surface area (Å²) in [5.74, 6) is -0.779. The maximum atomic E-state index is 12.6. The molecule has 2 aromatic carbocycles. The van der Waals surface area contributed by atoms with E-state index in [1.54, 1.807) is 42.5 Å². The Morgan fingerprint density at radius 3 is 2.45 bits per heavy atom. The first kappa shape index (κ1) is 17.4. The van der Waals surface area contributed by atoms with Crippen LogP contribution in [0.3, 0.4) is 0 Å². The topological polar surface area (TPSA) is 117 Å². The molecule has 0 aliphatic carbocycles. The minimum atomic E-state index is -0.453. The van der Waals surface area contributed by atoms with Crippen molar-refractivity contribution in [1.82, 2.24) is 15.2 Å². The lowest BCUT2D eigenvalue weighted by Crippen LogP contribution is -2.29. The summed E-state index contributed by atoms with van der Waals surface area (Å²) in [6.45, 7) is 0. The summed E-state index contributed by atoms with van der Waals surface area (Å²) in [6.07, 6.45) is 0. The van der Waals surface area contributed by atoms with Gasteiger partial charge in [0, 0.05) is 5.69 Å². The molecule has 0 saturated heterocycles. The molecule has 0 radical (unpaired) electrons. The minimum Gasteiger partial charge on any atom is -0.308 e. The molecule has 3 heterocycles. The Kier molecular flexibility index (Phi) is 4.03. The van der Waals surface area contributed by atoms with Crippen molar-refractivity contribution in [3.63, 3.8) is 0 Å². The second kappa shape index (κ2) is 6.72. The predicted octanol–water partition coefficient (Wildman–Crippen LogP) is 3.59. The number of aromatic nitrogens is 3. The molecule has 2 aromatic heterocycles. The molecular weight excluding hydrogens is 412 g/mol. The zero-order valence-corrected chi connectivity index (χ0v) is 16.1. The lowest BCUT2D eigenvalue weighted by atomic mass is 10.1. The fourth-order valence-corrected chi connectivity index (χ4v) is 4.38. The first-order valence-corrected chi connectivity index (χ1v) is 10.0. The Labute approximate surface area is 171 Å². The lowest BCUT2D eigenvalue weighted by Gasteiger charge is -2.08. The summed E-state index contributed by atoms with van der Waals surface area (Å²) < 4.78 is 0.727. The molecule has 2 N–H and O–H groups in total. The van der Waals surface area contributed by atoms with Gasteiger partial charge in [-0.25, -0.2) is 14.7 Å². The SMILES string of the molecule is O=C(Nc1ccc2nc(N3C(=O)c4ccccc4C3=O)sc2c1)Nc1nncs1. The Morgan fingerprint density at radius 2 is 1.76 bits per heavy atom. The largest absolute Gasteiger partial charge is 0.325 e. The second-order valence-electron chi connectivity index (χ2n) is 5.99. The van der Waals surface area contributed by atoms with E-state index < -0.39 is 6.03 Å². The van der Waals surface area contributed by atoms with Crippen molar-refractivity contribution in [2.45, 2.75) is 0 Å². The van der Waals surface area contributed by atoms with E-state index in [0.717, 1.165) is 9.60 Å². The summed E-state index contributed by atoms with van der Waals surface area (Å²) in [4.78, 5) is 42.8. The highest BCUT2D eigenvalue weighted by atomic mass is 32.1. The highest BCUT2D eigenvalue weighted by molar-refractivity contribution is 7.22. The van der Waals surface area contributed by atoms with Crippen molar-refractivity contribution < 1.29 is 14.4 Å². The van der Waals surface area contributed by atoms with E-state index in [4.69, 9.17) is 0 Å². The molecule has 0 saturated carbocycles. The first-order valence-electron chi connectivity index (χ1n) is 8.33. The van der Waals surface area contributed by atoms with E-state index >= 15 is 0 Å². The van der Waals surface area contributed by atoms with Crippen molar-refractivity contribution in [2.24, 2.45) is 0 Å². The van der Waals surface area contributed by atoms with Crippen molar-refractivity contribution in [1.29, 1.82) is 0 Å². The smallest absolute Gasteiger partial charge is 0.308 e. The van der Waals surface area contributed by atoms with Gasteiger partial charge in [-0.2, -0.15) is 0 Å². The molecule has 11 heteroatoms. The van der Waals surface area contributed by atoms with E-state index in [9.17, 15) is 14.4 Å². The third kappa shape index (κ3) is 3.02. The Morgan fingerprint density at radius 1 is 1.00 bits per heavy atom. The van der Waals surface area contributed by atoms with Gasteiger partial charge in [0.1, 0.15) is 5.51 Å². The standard InChI is InChI=1S/C18H10N6O3S2/c25-14-10-3-1-2-4-11(10)15(26)24(14)18-21-12-6-5-9(7-13(12)29-18)20-16(27)22-17-23-19-8-28-17/h1-8H,(H2,20,22,23,27). The van der Waals surface area contributed by atoms with E-state index in [-0.39, 0.29) is 11.8 Å². The number of amides is 4. The van der Waals surface area contributed by atoms with Gasteiger partial charge in [-0.15, -0.1) is 10.2 Å². The van der Waals surface area contributed by atoms with E-state index in [2.05, 4.69) is 25.8 Å². The number of rotatable bonds is 3. The zero-order valence-electron chi connectivity index (χ0n) is 14.4. The maximum absolute atomic E-state index is 12.6. The number of hydrogen-bond acceptors (Lipinski definition) is 8. The molecule has 5 rings (SSSR count). The highest BCUT2D eigenvalue weighted by Crippen LogP contribution is 2.35. The number of carbonyl (C=O) groups is 3. The van der Waals surface area contributed by atoms with Gasteiger partial charge in [-0.05, 0) is 30.3 Å². The van der Waals surface area contributed by atoms with Gasteiger partial charge >= 0.3 is 6.03 Å². The molecule has 1 aliphatic heterocycles. The van der Waals surface area contributed by atoms with Crippen LogP contribution >= 0.6 is 22.7 Å². The molecular formula is C18H10N6O3S2. The van der Waals surface area contributed by atoms with Crippen LogP contribution in [0.1, 0.15) is 20.7 Å². The average molecular weight is 422 g/mol. The molecule has 0 unspecified atom stereocenters. The predicted molar refractivity (Wildman–Crippen MR) is 110 cm³/mol. The Bertz CT molecular complexity index is 1250. The van der Waals surface area contributed by atoms with Crippen LogP contribution in [0.4, 0.5) is 20.7 Å². The third-order valence-corrected chi connectivity index (χ3v) is 5.81. The second-order valence-corrected chi connectivity index (χ2v) is 7.84. The van der Waals surface area contributed by atoms with Gasteiger partial charge in [-0.1, -0.05) is 34.8 Å². The normalized spacial score (nSPS) is 13.0. The molecule has 0 bridgehead atoms. The fourth-order valence-electron chi connectivity index (χ4n) is 2.94. The molecule has 1 aliphatic rings. The van der Waals surface area contributed by atoms with Crippen molar-refractivity contribution >= 4 is 66.7 Å². The van der Waals surface area contributed by atoms with Crippen molar-refractivity contribution in [3.05, 3.63) is 59.1 Å². The monoisotopic (exact) mass is 422 g/mol. The zero-order chi connectivity index (χ0) is 20.0. The average Bonchev–Trinajstić information content (AvgIpc) is 3.41. The van der Waals surface area contributed by atoms with Gasteiger partial charge in [0.25, 0.3) is 11.8 Å². The lowest BCUT2D eigenvalue weighted by molar-refractivity contribution is 0.0926. The van der Waals surface area contributed by atoms with Crippen molar-refractivity contribution in [3.8, 4) is 0 Å². The molecule has 0 spiro atoms. The number of anilines is 3. The number of carbonyl (C=O) groups excluding carboxylic acids is 3. The number of fused-ring (bicyclic) bond motifs is 2. The van der Waals surface area contributed by atoms with Crippen LogP contribution in [0.2, 0.25) is 0 Å². The molecule has 29 heavy (non-hydrogen) atoms. The Hall–Kier alpha value is -3.70. The summed E-state index contributed by atoms with van der Waals surface area (Å²) >= 11 is 2.41. The molecule has 142 valence electrons. The quantitative estimate of drug-likeness (QED) is 0.487. The number of imide groups is 1. The summed E-state index contributed by atoms with van der Waals surface area (Å²) in [6, 6.07) is 11.4. The summed E-state index contributed by atoms with van der Waals surface area (Å²) in [7, 11) is 0. The fraction of sp³-hybridized carbons (Fsp3) is 0.